The van der Waals surface area contributed by atoms with Gasteiger partial charge in [0.25, 0.3) is 5.89 Å². The molecule has 1 saturated carbocycles. The van der Waals surface area contributed by atoms with E-state index in [2.05, 4.69) is 25.0 Å². The highest BCUT2D eigenvalue weighted by atomic mass is 16.5. The van der Waals surface area contributed by atoms with E-state index in [1.165, 1.54) is 25.7 Å². The second-order valence-electron chi connectivity index (χ2n) is 8.24. The van der Waals surface area contributed by atoms with Crippen LogP contribution in [0.5, 0.6) is 6.01 Å². The molecule has 1 aromatic carbocycles. The van der Waals surface area contributed by atoms with Gasteiger partial charge in [-0.15, -0.1) is 0 Å². The van der Waals surface area contributed by atoms with Crippen LogP contribution in [-0.2, 0) is 0 Å². The Hall–Kier alpha value is -2.80. The Kier molecular flexibility index (Phi) is 5.45. The summed E-state index contributed by atoms with van der Waals surface area (Å²) in [4.78, 5) is 15.9. The summed E-state index contributed by atoms with van der Waals surface area (Å²) in [6.07, 6.45) is 11.4. The number of nitrogens with zero attached hydrogens (tertiary/aromatic N) is 5. The Morgan fingerprint density at radius 1 is 0.967 bits per heavy atom. The van der Waals surface area contributed by atoms with Gasteiger partial charge in [0.05, 0.1) is 0 Å². The third-order valence-electron chi connectivity index (χ3n) is 6.21. The molecule has 0 radical (unpaired) electrons. The Labute approximate surface area is 176 Å². The molecule has 5 rings (SSSR count). The van der Waals surface area contributed by atoms with Crippen molar-refractivity contribution in [2.75, 3.05) is 13.1 Å². The number of likely N-dealkylation sites (tertiary alicyclic amines) is 1. The van der Waals surface area contributed by atoms with Gasteiger partial charge in [0, 0.05) is 42.7 Å². The molecule has 0 N–H and O–H groups in total. The van der Waals surface area contributed by atoms with E-state index in [4.69, 9.17) is 9.26 Å². The smallest absolute Gasteiger partial charge is 0.316 e. The van der Waals surface area contributed by atoms with Crippen molar-refractivity contribution in [2.45, 2.75) is 57.6 Å². The number of ether oxygens (including phenoxy) is 1. The van der Waals surface area contributed by atoms with Crippen molar-refractivity contribution in [2.24, 2.45) is 0 Å². The molecule has 0 bridgehead atoms. The van der Waals surface area contributed by atoms with E-state index in [-0.39, 0.29) is 6.10 Å². The summed E-state index contributed by atoms with van der Waals surface area (Å²) in [6.45, 7) is 4.04. The summed E-state index contributed by atoms with van der Waals surface area (Å²) in [5, 5.41) is 3.90. The van der Waals surface area contributed by atoms with Gasteiger partial charge in [-0.2, -0.15) is 4.98 Å². The van der Waals surface area contributed by atoms with Crippen LogP contribution in [0.1, 0.15) is 44.3 Å². The highest BCUT2D eigenvalue weighted by Gasteiger charge is 2.28. The second-order valence-corrected chi connectivity index (χ2v) is 8.24. The van der Waals surface area contributed by atoms with Crippen LogP contribution in [0.15, 0.2) is 41.2 Å². The largest absolute Gasteiger partial charge is 0.460 e. The number of benzene rings is 1. The number of aromatic nitrogens is 4. The summed E-state index contributed by atoms with van der Waals surface area (Å²) < 4.78 is 11.4. The lowest BCUT2D eigenvalue weighted by Gasteiger charge is -2.35. The fourth-order valence-corrected chi connectivity index (χ4v) is 4.62. The number of hydrogen-bond donors (Lipinski definition) is 0. The van der Waals surface area contributed by atoms with Crippen LogP contribution in [0.3, 0.4) is 0 Å². The van der Waals surface area contributed by atoms with Crippen LogP contribution in [0.4, 0.5) is 0 Å². The molecule has 1 aliphatic carbocycles. The van der Waals surface area contributed by atoms with Crippen molar-refractivity contribution in [3.8, 4) is 28.6 Å². The van der Waals surface area contributed by atoms with Gasteiger partial charge in [0.15, 0.2) is 5.82 Å². The lowest BCUT2D eigenvalue weighted by atomic mass is 10.0. The molecule has 2 fully saturated rings. The van der Waals surface area contributed by atoms with Gasteiger partial charge in [0.1, 0.15) is 6.10 Å². The molecular weight excluding hydrogens is 378 g/mol. The number of rotatable bonds is 5. The molecule has 156 valence electrons. The van der Waals surface area contributed by atoms with E-state index in [1.54, 1.807) is 12.4 Å². The number of hydrogen-bond acceptors (Lipinski definition) is 7. The lowest BCUT2D eigenvalue weighted by Crippen LogP contribution is -2.43. The molecule has 7 heteroatoms. The molecule has 0 atom stereocenters. The van der Waals surface area contributed by atoms with E-state index in [0.717, 1.165) is 48.7 Å². The fraction of sp³-hybridized carbons (Fsp3) is 0.478. The molecule has 1 saturated heterocycles. The monoisotopic (exact) mass is 405 g/mol. The summed E-state index contributed by atoms with van der Waals surface area (Å²) >= 11 is 0. The van der Waals surface area contributed by atoms with Gasteiger partial charge in [-0.25, -0.2) is 9.97 Å². The van der Waals surface area contributed by atoms with E-state index in [9.17, 15) is 0 Å². The quantitative estimate of drug-likeness (QED) is 0.627. The average molecular weight is 406 g/mol. The second kappa shape index (κ2) is 8.52. The lowest BCUT2D eigenvalue weighted by molar-refractivity contribution is 0.0710. The average Bonchev–Trinajstić information content (AvgIpc) is 3.47. The maximum absolute atomic E-state index is 6.09. The van der Waals surface area contributed by atoms with E-state index >= 15 is 0 Å². The minimum atomic E-state index is 0.196. The van der Waals surface area contributed by atoms with Crippen LogP contribution in [0.25, 0.3) is 22.6 Å². The molecule has 2 aliphatic rings. The zero-order valence-electron chi connectivity index (χ0n) is 17.3. The molecule has 7 nitrogen and oxygen atoms in total. The number of aryl methyl sites for hydroxylation is 1. The first-order valence-corrected chi connectivity index (χ1v) is 10.9. The number of piperidine rings is 1. The van der Waals surface area contributed by atoms with Crippen molar-refractivity contribution in [1.29, 1.82) is 0 Å². The first-order valence-electron chi connectivity index (χ1n) is 10.9. The van der Waals surface area contributed by atoms with Gasteiger partial charge in [0.2, 0.25) is 0 Å². The van der Waals surface area contributed by atoms with Gasteiger partial charge >= 0.3 is 6.01 Å². The van der Waals surface area contributed by atoms with E-state index in [0.29, 0.717) is 17.7 Å². The fourth-order valence-electron chi connectivity index (χ4n) is 4.62. The zero-order chi connectivity index (χ0) is 20.3. The maximum Gasteiger partial charge on any atom is 0.316 e. The summed E-state index contributed by atoms with van der Waals surface area (Å²) in [5.41, 5.74) is 2.72. The van der Waals surface area contributed by atoms with Crippen LogP contribution >= 0.6 is 0 Å². The Morgan fingerprint density at radius 2 is 1.67 bits per heavy atom. The van der Waals surface area contributed by atoms with Crippen molar-refractivity contribution in [3.63, 3.8) is 0 Å². The standard InChI is InChI=1S/C23H27N5O2/c1-16-26-22(30-27-16)21-9-5-4-8-20(21)17-14-24-23(25-15-17)29-19-10-12-28(13-11-19)18-6-2-3-7-18/h4-5,8-9,14-15,18-19H,2-3,6-7,10-13H2,1H3. The van der Waals surface area contributed by atoms with Crippen molar-refractivity contribution in [3.05, 3.63) is 42.5 Å². The Balaban J connectivity index is 1.25. The van der Waals surface area contributed by atoms with Crippen molar-refractivity contribution < 1.29 is 9.26 Å². The van der Waals surface area contributed by atoms with Gasteiger partial charge in [-0.3, -0.25) is 0 Å². The molecule has 3 heterocycles. The third-order valence-corrected chi connectivity index (χ3v) is 6.21. The molecule has 0 unspecified atom stereocenters. The molecule has 3 aromatic rings. The van der Waals surface area contributed by atoms with E-state index < -0.39 is 0 Å². The molecule has 0 amide bonds. The first-order chi connectivity index (χ1) is 14.8. The first kappa shape index (κ1) is 19.2. The molecule has 2 aromatic heterocycles. The topological polar surface area (TPSA) is 77.2 Å². The van der Waals surface area contributed by atoms with E-state index in [1.807, 2.05) is 31.2 Å². The third kappa shape index (κ3) is 4.07. The van der Waals surface area contributed by atoms with Crippen LogP contribution in [-0.4, -0.2) is 50.2 Å². The molecule has 1 aliphatic heterocycles. The summed E-state index contributed by atoms with van der Waals surface area (Å²) in [5.74, 6) is 1.11. The summed E-state index contributed by atoms with van der Waals surface area (Å²) in [6, 6.07) is 9.14. The highest BCUT2D eigenvalue weighted by Crippen LogP contribution is 2.31. The van der Waals surface area contributed by atoms with Crippen molar-refractivity contribution >= 4 is 0 Å². The van der Waals surface area contributed by atoms with Crippen LogP contribution in [0, 0.1) is 6.92 Å². The van der Waals surface area contributed by atoms with Crippen molar-refractivity contribution in [1.82, 2.24) is 25.0 Å². The molecular formula is C23H27N5O2. The van der Waals surface area contributed by atoms with Crippen LogP contribution in [0.2, 0.25) is 0 Å². The zero-order valence-corrected chi connectivity index (χ0v) is 17.3. The Bertz CT molecular complexity index is 973. The van der Waals surface area contributed by atoms with Gasteiger partial charge < -0.3 is 14.2 Å². The van der Waals surface area contributed by atoms with Crippen LogP contribution < -0.4 is 4.74 Å². The predicted octanol–water partition coefficient (Wildman–Crippen LogP) is 4.29. The van der Waals surface area contributed by atoms with Gasteiger partial charge in [-0.1, -0.05) is 36.2 Å². The maximum atomic E-state index is 6.09. The Morgan fingerprint density at radius 3 is 2.33 bits per heavy atom. The molecule has 0 spiro atoms. The predicted molar refractivity (Wildman–Crippen MR) is 113 cm³/mol. The minimum Gasteiger partial charge on any atom is -0.460 e. The summed E-state index contributed by atoms with van der Waals surface area (Å²) in [7, 11) is 0. The SMILES string of the molecule is Cc1noc(-c2ccccc2-c2cnc(OC3CCN(C4CCCC4)CC3)nc2)n1. The highest BCUT2D eigenvalue weighted by molar-refractivity contribution is 5.79. The molecule has 30 heavy (non-hydrogen) atoms. The normalized spacial score (nSPS) is 18.7. The minimum absolute atomic E-state index is 0.196. The van der Waals surface area contributed by atoms with Gasteiger partial charge in [-0.05, 0) is 44.2 Å².